The third kappa shape index (κ3) is 4.98. The van der Waals surface area contributed by atoms with Crippen LogP contribution in [0.2, 0.25) is 0 Å². The smallest absolute Gasteiger partial charge is 0.239 e. The molecule has 1 aromatic heterocycles. The number of ether oxygens (including phenoxy) is 1. The van der Waals surface area contributed by atoms with E-state index in [-0.39, 0.29) is 24.4 Å². The van der Waals surface area contributed by atoms with Crippen LogP contribution in [-0.2, 0) is 4.79 Å². The second kappa shape index (κ2) is 9.04. The van der Waals surface area contributed by atoms with Crippen LogP contribution in [0.3, 0.4) is 0 Å². The predicted molar refractivity (Wildman–Crippen MR) is 104 cm³/mol. The number of nitrogens with one attached hydrogen (secondary N) is 2. The molecule has 1 fully saturated rings. The standard InChI is InChI=1S/C21H24N4O2/c1-15-7-2-3-9-17(15)25-20(26)14-24-18-10-4-5-11-19(18)27-21-16(13-22)8-6-12-23-21/h4-6,8,10-12,15,17,24H,2-3,7,9,14H2,1H3,(H,25,26). The van der Waals surface area contributed by atoms with Crippen molar-refractivity contribution in [2.75, 3.05) is 11.9 Å². The van der Waals surface area contributed by atoms with E-state index in [2.05, 4.69) is 28.6 Å². The number of nitriles is 1. The lowest BCUT2D eigenvalue weighted by atomic mass is 9.86. The molecule has 0 bridgehead atoms. The lowest BCUT2D eigenvalue weighted by Crippen LogP contribution is -2.43. The summed E-state index contributed by atoms with van der Waals surface area (Å²) in [6, 6.07) is 13.0. The zero-order valence-corrected chi connectivity index (χ0v) is 15.4. The van der Waals surface area contributed by atoms with Gasteiger partial charge in [-0.1, -0.05) is 31.9 Å². The van der Waals surface area contributed by atoms with Gasteiger partial charge in [-0.25, -0.2) is 4.98 Å². The van der Waals surface area contributed by atoms with Crippen molar-refractivity contribution in [3.05, 3.63) is 48.2 Å². The molecule has 1 aromatic carbocycles. The van der Waals surface area contributed by atoms with E-state index < -0.39 is 0 Å². The van der Waals surface area contributed by atoms with Crippen LogP contribution in [0, 0.1) is 17.2 Å². The zero-order chi connectivity index (χ0) is 19.1. The summed E-state index contributed by atoms with van der Waals surface area (Å²) in [5.41, 5.74) is 1.04. The first-order valence-corrected chi connectivity index (χ1v) is 9.32. The maximum atomic E-state index is 12.3. The van der Waals surface area contributed by atoms with Crippen LogP contribution in [0.15, 0.2) is 42.6 Å². The summed E-state index contributed by atoms with van der Waals surface area (Å²) in [4.78, 5) is 16.4. The Labute approximate surface area is 159 Å². The highest BCUT2D eigenvalue weighted by atomic mass is 16.5. The number of rotatable bonds is 6. The number of nitrogens with zero attached hydrogens (tertiary/aromatic N) is 2. The molecule has 6 heteroatoms. The van der Waals surface area contributed by atoms with E-state index >= 15 is 0 Å². The molecule has 2 atom stereocenters. The fourth-order valence-corrected chi connectivity index (χ4v) is 3.33. The molecular weight excluding hydrogens is 340 g/mol. The normalized spacial score (nSPS) is 19.0. The molecule has 140 valence electrons. The fraction of sp³-hybridized carbons (Fsp3) is 0.381. The number of amides is 1. The van der Waals surface area contributed by atoms with Gasteiger partial charge in [0.15, 0.2) is 5.75 Å². The van der Waals surface area contributed by atoms with Crippen molar-refractivity contribution < 1.29 is 9.53 Å². The monoisotopic (exact) mass is 364 g/mol. The third-order valence-corrected chi connectivity index (χ3v) is 4.88. The molecule has 1 heterocycles. The molecule has 2 N–H and O–H groups in total. The minimum absolute atomic E-state index is 0.0286. The number of benzene rings is 1. The first-order chi connectivity index (χ1) is 13.2. The van der Waals surface area contributed by atoms with Gasteiger partial charge in [0.05, 0.1) is 12.2 Å². The number of hydrogen-bond acceptors (Lipinski definition) is 5. The molecule has 0 saturated heterocycles. The number of carbonyl (C=O) groups excluding carboxylic acids is 1. The van der Waals surface area contributed by atoms with Gasteiger partial charge < -0.3 is 15.4 Å². The van der Waals surface area contributed by atoms with Crippen molar-refractivity contribution in [3.63, 3.8) is 0 Å². The lowest BCUT2D eigenvalue weighted by molar-refractivity contribution is -0.120. The topological polar surface area (TPSA) is 87.0 Å². The average molecular weight is 364 g/mol. The Morgan fingerprint density at radius 2 is 2.07 bits per heavy atom. The summed E-state index contributed by atoms with van der Waals surface area (Å²) < 4.78 is 5.80. The van der Waals surface area contributed by atoms with E-state index in [9.17, 15) is 10.1 Å². The largest absolute Gasteiger partial charge is 0.436 e. The molecule has 27 heavy (non-hydrogen) atoms. The van der Waals surface area contributed by atoms with Gasteiger partial charge in [0.25, 0.3) is 0 Å². The minimum Gasteiger partial charge on any atom is -0.436 e. The molecule has 0 spiro atoms. The summed E-state index contributed by atoms with van der Waals surface area (Å²) in [7, 11) is 0. The minimum atomic E-state index is -0.0286. The fourth-order valence-electron chi connectivity index (χ4n) is 3.33. The Bertz CT molecular complexity index is 831. The quantitative estimate of drug-likeness (QED) is 0.813. The summed E-state index contributed by atoms with van der Waals surface area (Å²) in [5, 5.41) is 15.4. The molecule has 6 nitrogen and oxygen atoms in total. The van der Waals surface area contributed by atoms with Crippen molar-refractivity contribution >= 4 is 11.6 Å². The van der Waals surface area contributed by atoms with E-state index in [1.807, 2.05) is 18.2 Å². The lowest BCUT2D eigenvalue weighted by Gasteiger charge is -2.29. The molecule has 0 radical (unpaired) electrons. The first-order valence-electron chi connectivity index (χ1n) is 9.32. The molecule has 0 aliphatic heterocycles. The summed E-state index contributed by atoms with van der Waals surface area (Å²) in [5.74, 6) is 1.26. The second-order valence-corrected chi connectivity index (χ2v) is 6.86. The highest BCUT2D eigenvalue weighted by Gasteiger charge is 2.22. The van der Waals surface area contributed by atoms with Gasteiger partial charge in [0, 0.05) is 12.2 Å². The maximum Gasteiger partial charge on any atom is 0.239 e. The molecular formula is C21H24N4O2. The highest BCUT2D eigenvalue weighted by Crippen LogP contribution is 2.29. The molecule has 1 amide bonds. The third-order valence-electron chi connectivity index (χ3n) is 4.88. The molecule has 2 unspecified atom stereocenters. The number of anilines is 1. The van der Waals surface area contributed by atoms with Crippen molar-refractivity contribution in [1.82, 2.24) is 10.3 Å². The Morgan fingerprint density at radius 3 is 2.89 bits per heavy atom. The molecule has 2 aromatic rings. The van der Waals surface area contributed by atoms with Crippen molar-refractivity contribution in [3.8, 4) is 17.7 Å². The average Bonchev–Trinajstić information content (AvgIpc) is 2.69. The van der Waals surface area contributed by atoms with Crippen molar-refractivity contribution in [1.29, 1.82) is 5.26 Å². The van der Waals surface area contributed by atoms with Crippen LogP contribution in [0.1, 0.15) is 38.2 Å². The van der Waals surface area contributed by atoms with Crippen LogP contribution in [0.25, 0.3) is 0 Å². The Morgan fingerprint density at radius 1 is 1.26 bits per heavy atom. The highest BCUT2D eigenvalue weighted by molar-refractivity contribution is 5.81. The Balaban J connectivity index is 1.62. The van der Waals surface area contributed by atoms with Crippen LogP contribution in [-0.4, -0.2) is 23.5 Å². The number of carbonyl (C=O) groups is 1. The molecule has 3 rings (SSSR count). The van der Waals surface area contributed by atoms with E-state index in [0.29, 0.717) is 22.9 Å². The predicted octanol–water partition coefficient (Wildman–Crippen LogP) is 3.85. The molecule has 1 aliphatic rings. The van der Waals surface area contributed by atoms with Crippen LogP contribution in [0.5, 0.6) is 11.6 Å². The van der Waals surface area contributed by atoms with Crippen LogP contribution >= 0.6 is 0 Å². The van der Waals surface area contributed by atoms with Gasteiger partial charge in [-0.3, -0.25) is 4.79 Å². The summed E-state index contributed by atoms with van der Waals surface area (Å²) in [6.45, 7) is 2.36. The van der Waals surface area contributed by atoms with Crippen molar-refractivity contribution in [2.24, 2.45) is 5.92 Å². The van der Waals surface area contributed by atoms with Gasteiger partial charge in [0.2, 0.25) is 11.8 Å². The van der Waals surface area contributed by atoms with Crippen LogP contribution < -0.4 is 15.4 Å². The van der Waals surface area contributed by atoms with E-state index in [4.69, 9.17) is 4.74 Å². The van der Waals surface area contributed by atoms with Gasteiger partial charge in [-0.05, 0) is 43.0 Å². The number of para-hydroxylation sites is 2. The zero-order valence-electron chi connectivity index (χ0n) is 15.4. The number of hydrogen-bond donors (Lipinski definition) is 2. The van der Waals surface area contributed by atoms with Gasteiger partial charge >= 0.3 is 0 Å². The Hall–Kier alpha value is -3.07. The SMILES string of the molecule is CC1CCCCC1NC(=O)CNc1ccccc1Oc1ncccc1C#N. The van der Waals surface area contributed by atoms with E-state index in [1.54, 1.807) is 24.4 Å². The van der Waals surface area contributed by atoms with Gasteiger partial charge in [-0.2, -0.15) is 5.26 Å². The van der Waals surface area contributed by atoms with Gasteiger partial charge in [0.1, 0.15) is 11.6 Å². The summed E-state index contributed by atoms with van der Waals surface area (Å²) >= 11 is 0. The maximum absolute atomic E-state index is 12.3. The van der Waals surface area contributed by atoms with E-state index in [1.165, 1.54) is 19.3 Å². The Kier molecular flexibility index (Phi) is 6.26. The number of aromatic nitrogens is 1. The van der Waals surface area contributed by atoms with Crippen molar-refractivity contribution in [2.45, 2.75) is 38.6 Å². The van der Waals surface area contributed by atoms with Crippen LogP contribution in [0.4, 0.5) is 5.69 Å². The summed E-state index contributed by atoms with van der Waals surface area (Å²) in [6.07, 6.45) is 6.20. The molecule has 1 aliphatic carbocycles. The second-order valence-electron chi connectivity index (χ2n) is 6.86. The van der Waals surface area contributed by atoms with E-state index in [0.717, 1.165) is 6.42 Å². The number of pyridine rings is 1. The first kappa shape index (κ1) is 18.7. The van der Waals surface area contributed by atoms with Gasteiger partial charge in [-0.15, -0.1) is 0 Å². The molecule has 1 saturated carbocycles.